The highest BCUT2D eigenvalue weighted by Gasteiger charge is 2.32. The third-order valence-electron chi connectivity index (χ3n) is 4.29. The van der Waals surface area contributed by atoms with Crippen molar-refractivity contribution < 1.29 is 4.79 Å². The Morgan fingerprint density at radius 3 is 2.56 bits per heavy atom. The van der Waals surface area contributed by atoms with Gasteiger partial charge in [-0.1, -0.05) is 33.6 Å². The monoisotopic (exact) mass is 252 g/mol. The van der Waals surface area contributed by atoms with Gasteiger partial charge in [0.1, 0.15) is 0 Å². The molecule has 1 saturated heterocycles. The highest BCUT2D eigenvalue weighted by atomic mass is 16.1. The normalized spacial score (nSPS) is 29.6. The highest BCUT2D eigenvalue weighted by Crippen LogP contribution is 2.37. The number of hydrogen-bond acceptors (Lipinski definition) is 2. The Morgan fingerprint density at radius 2 is 2.00 bits per heavy atom. The van der Waals surface area contributed by atoms with Crippen molar-refractivity contribution in [3.63, 3.8) is 0 Å². The Hall–Kier alpha value is -0.570. The van der Waals surface area contributed by atoms with Crippen molar-refractivity contribution in [2.24, 2.45) is 17.8 Å². The van der Waals surface area contributed by atoms with Gasteiger partial charge in [0, 0.05) is 25.0 Å². The lowest BCUT2D eigenvalue weighted by molar-refractivity contribution is -0.125. The largest absolute Gasteiger partial charge is 0.352 e. The molecule has 0 bridgehead atoms. The van der Waals surface area contributed by atoms with Crippen LogP contribution in [0, 0.1) is 17.8 Å². The van der Waals surface area contributed by atoms with Crippen LogP contribution in [0.5, 0.6) is 0 Å². The Morgan fingerprint density at radius 1 is 1.28 bits per heavy atom. The van der Waals surface area contributed by atoms with Crippen molar-refractivity contribution in [1.29, 1.82) is 0 Å². The van der Waals surface area contributed by atoms with Gasteiger partial charge in [0.2, 0.25) is 5.91 Å². The van der Waals surface area contributed by atoms with Crippen molar-refractivity contribution in [2.75, 3.05) is 19.6 Å². The molecule has 104 valence electrons. The molecule has 3 heteroatoms. The second kappa shape index (κ2) is 6.05. The summed E-state index contributed by atoms with van der Waals surface area (Å²) in [7, 11) is 0. The molecule has 1 aliphatic heterocycles. The summed E-state index contributed by atoms with van der Waals surface area (Å²) in [6.45, 7) is 9.54. The van der Waals surface area contributed by atoms with Crippen molar-refractivity contribution in [2.45, 2.75) is 52.5 Å². The van der Waals surface area contributed by atoms with Crippen LogP contribution < -0.4 is 5.32 Å². The van der Waals surface area contributed by atoms with Gasteiger partial charge >= 0.3 is 0 Å². The molecule has 3 nitrogen and oxygen atoms in total. The van der Waals surface area contributed by atoms with Crippen LogP contribution in [-0.2, 0) is 4.79 Å². The molecule has 2 unspecified atom stereocenters. The highest BCUT2D eigenvalue weighted by molar-refractivity contribution is 5.78. The number of hydrogen-bond donors (Lipinski definition) is 1. The topological polar surface area (TPSA) is 32.3 Å². The first kappa shape index (κ1) is 13.9. The zero-order valence-corrected chi connectivity index (χ0v) is 12.1. The van der Waals surface area contributed by atoms with E-state index in [-0.39, 0.29) is 11.8 Å². The number of piperidine rings is 1. The Labute approximate surface area is 111 Å². The third kappa shape index (κ3) is 3.98. The average molecular weight is 252 g/mol. The number of carbonyl (C=O) groups excluding carboxylic acids is 1. The Kier molecular flexibility index (Phi) is 4.66. The van der Waals surface area contributed by atoms with Crippen LogP contribution in [0.15, 0.2) is 0 Å². The molecule has 1 heterocycles. The standard InChI is InChI=1S/C15H28N2O/c1-4-17-9-13(7-12-5-6-12)8-14(10-17)16-15(18)11(2)3/h11-14H,4-10H2,1-3H3,(H,16,18). The smallest absolute Gasteiger partial charge is 0.222 e. The Bertz CT molecular complexity index is 286. The van der Waals surface area contributed by atoms with Gasteiger partial charge in [-0.15, -0.1) is 0 Å². The first-order valence-corrected chi connectivity index (χ1v) is 7.61. The van der Waals surface area contributed by atoms with Gasteiger partial charge in [-0.2, -0.15) is 0 Å². The van der Waals surface area contributed by atoms with E-state index in [1.165, 1.54) is 32.2 Å². The summed E-state index contributed by atoms with van der Waals surface area (Å²) in [5, 5.41) is 3.23. The van der Waals surface area contributed by atoms with Crippen molar-refractivity contribution in [1.82, 2.24) is 10.2 Å². The summed E-state index contributed by atoms with van der Waals surface area (Å²) in [4.78, 5) is 14.3. The van der Waals surface area contributed by atoms with Crippen LogP contribution >= 0.6 is 0 Å². The first-order chi connectivity index (χ1) is 8.58. The fourth-order valence-electron chi connectivity index (χ4n) is 3.03. The molecule has 18 heavy (non-hydrogen) atoms. The molecular weight excluding hydrogens is 224 g/mol. The van der Waals surface area contributed by atoms with Crippen LogP contribution in [0.2, 0.25) is 0 Å². The summed E-state index contributed by atoms with van der Waals surface area (Å²) in [6, 6.07) is 0.373. The van der Waals surface area contributed by atoms with Gasteiger partial charge in [-0.05, 0) is 31.2 Å². The summed E-state index contributed by atoms with van der Waals surface area (Å²) in [6.07, 6.45) is 5.44. The van der Waals surface area contributed by atoms with Crippen molar-refractivity contribution >= 4 is 5.91 Å². The average Bonchev–Trinajstić information content (AvgIpc) is 3.12. The zero-order valence-electron chi connectivity index (χ0n) is 12.1. The van der Waals surface area contributed by atoms with E-state index < -0.39 is 0 Å². The fraction of sp³-hybridized carbons (Fsp3) is 0.933. The van der Waals surface area contributed by atoms with Gasteiger partial charge in [0.15, 0.2) is 0 Å². The molecule has 0 aromatic carbocycles. The molecule has 0 aromatic rings. The lowest BCUT2D eigenvalue weighted by atomic mass is 9.89. The van der Waals surface area contributed by atoms with Crippen LogP contribution in [0.4, 0.5) is 0 Å². The van der Waals surface area contributed by atoms with Gasteiger partial charge in [0.25, 0.3) is 0 Å². The lowest BCUT2D eigenvalue weighted by Gasteiger charge is -2.38. The number of likely N-dealkylation sites (N-methyl/N-ethyl adjacent to an activating group) is 1. The second-order valence-corrected chi connectivity index (χ2v) is 6.49. The van der Waals surface area contributed by atoms with Crippen LogP contribution in [-0.4, -0.2) is 36.5 Å². The molecule has 2 atom stereocenters. The molecule has 0 radical (unpaired) electrons. The van der Waals surface area contributed by atoms with E-state index in [0.717, 1.165) is 24.9 Å². The summed E-state index contributed by atoms with van der Waals surface area (Å²) in [5.74, 6) is 2.10. The van der Waals surface area contributed by atoms with E-state index in [1.807, 2.05) is 13.8 Å². The zero-order chi connectivity index (χ0) is 13.1. The fourth-order valence-corrected chi connectivity index (χ4v) is 3.03. The number of rotatable bonds is 5. The summed E-state index contributed by atoms with van der Waals surface area (Å²) >= 11 is 0. The van der Waals surface area contributed by atoms with E-state index in [0.29, 0.717) is 6.04 Å². The number of likely N-dealkylation sites (tertiary alicyclic amines) is 1. The first-order valence-electron chi connectivity index (χ1n) is 7.61. The predicted octanol–water partition coefficient (Wildman–Crippen LogP) is 2.27. The molecule has 2 rings (SSSR count). The molecule has 0 aromatic heterocycles. The number of nitrogens with one attached hydrogen (secondary N) is 1. The minimum Gasteiger partial charge on any atom is -0.352 e. The molecule has 2 aliphatic rings. The van der Waals surface area contributed by atoms with Crippen molar-refractivity contribution in [3.05, 3.63) is 0 Å². The minimum absolute atomic E-state index is 0.101. The SMILES string of the molecule is CCN1CC(CC2CC2)CC(NC(=O)C(C)C)C1. The van der Waals surface area contributed by atoms with E-state index in [2.05, 4.69) is 17.1 Å². The maximum absolute atomic E-state index is 11.8. The van der Waals surface area contributed by atoms with Gasteiger partial charge in [-0.25, -0.2) is 0 Å². The van der Waals surface area contributed by atoms with Crippen molar-refractivity contribution in [3.8, 4) is 0 Å². The number of amides is 1. The molecule has 1 amide bonds. The van der Waals surface area contributed by atoms with Gasteiger partial charge in [-0.3, -0.25) is 4.79 Å². The molecule has 1 N–H and O–H groups in total. The minimum atomic E-state index is 0.101. The summed E-state index contributed by atoms with van der Waals surface area (Å²) in [5.41, 5.74) is 0. The third-order valence-corrected chi connectivity index (χ3v) is 4.29. The molecule has 0 spiro atoms. The predicted molar refractivity (Wildman–Crippen MR) is 74.3 cm³/mol. The van der Waals surface area contributed by atoms with E-state index in [4.69, 9.17) is 0 Å². The maximum atomic E-state index is 11.8. The molecule has 1 aliphatic carbocycles. The molecular formula is C15H28N2O. The lowest BCUT2D eigenvalue weighted by Crippen LogP contribution is -2.51. The van der Waals surface area contributed by atoms with Crippen LogP contribution in [0.1, 0.15) is 46.5 Å². The Balaban J connectivity index is 1.85. The van der Waals surface area contributed by atoms with E-state index >= 15 is 0 Å². The molecule has 1 saturated carbocycles. The summed E-state index contributed by atoms with van der Waals surface area (Å²) < 4.78 is 0. The number of carbonyl (C=O) groups is 1. The van der Waals surface area contributed by atoms with Crippen LogP contribution in [0.3, 0.4) is 0 Å². The quantitative estimate of drug-likeness (QED) is 0.814. The van der Waals surface area contributed by atoms with E-state index in [9.17, 15) is 4.79 Å². The van der Waals surface area contributed by atoms with Crippen LogP contribution in [0.25, 0.3) is 0 Å². The molecule has 2 fully saturated rings. The number of nitrogens with zero attached hydrogens (tertiary/aromatic N) is 1. The maximum Gasteiger partial charge on any atom is 0.222 e. The van der Waals surface area contributed by atoms with E-state index in [1.54, 1.807) is 0 Å². The van der Waals surface area contributed by atoms with Gasteiger partial charge < -0.3 is 10.2 Å². The second-order valence-electron chi connectivity index (χ2n) is 6.49. The van der Waals surface area contributed by atoms with Gasteiger partial charge in [0.05, 0.1) is 0 Å².